The quantitative estimate of drug-likeness (QED) is 0.615. The summed E-state index contributed by atoms with van der Waals surface area (Å²) in [4.78, 5) is 31.1. The molecule has 1 aliphatic rings. The molecule has 8 nitrogen and oxygen atoms in total. The number of benzene rings is 1. The predicted molar refractivity (Wildman–Crippen MR) is 117 cm³/mol. The van der Waals surface area contributed by atoms with Gasteiger partial charge in [0.1, 0.15) is 0 Å². The molecule has 31 heavy (non-hydrogen) atoms. The Balaban J connectivity index is 1.49. The highest BCUT2D eigenvalue weighted by atomic mass is 16.5. The molecule has 4 rings (SSSR count). The minimum atomic E-state index is -0.372. The number of fused-ring (bicyclic) bond motifs is 1. The van der Waals surface area contributed by atoms with Crippen LogP contribution in [0.4, 0.5) is 0 Å². The number of rotatable bonds is 4. The maximum Gasteiger partial charge on any atom is 0.420 e. The normalized spacial score (nSPS) is 15.9. The molecule has 1 fully saturated rings. The first-order chi connectivity index (χ1) is 14.6. The Bertz CT molecular complexity index is 1140. The summed E-state index contributed by atoms with van der Waals surface area (Å²) in [6, 6.07) is 5.44. The molecule has 0 spiro atoms. The van der Waals surface area contributed by atoms with Crippen molar-refractivity contribution in [3.63, 3.8) is 0 Å². The number of hydrogen-bond donors (Lipinski definition) is 0. The molecule has 0 N–H and O–H groups in total. The summed E-state index contributed by atoms with van der Waals surface area (Å²) in [5.41, 5.74) is 2.02. The van der Waals surface area contributed by atoms with Crippen molar-refractivity contribution in [2.75, 3.05) is 13.1 Å². The standard InChI is InChI=1S/C23H30N4O4/c1-14(2)27-17-12-16(6-7-18(17)30-22(27)29)20-24-21(31-25-20)15-8-10-26(11-9-15)19(28)13-23(3,4)5/h6-7,12,14-15H,8-11,13H2,1-5H3. The van der Waals surface area contributed by atoms with E-state index in [1.54, 1.807) is 10.6 Å². The Kier molecular flexibility index (Phi) is 5.49. The number of nitrogens with zero attached hydrogens (tertiary/aromatic N) is 4. The van der Waals surface area contributed by atoms with Gasteiger partial charge in [-0.25, -0.2) is 4.79 Å². The molecule has 1 saturated heterocycles. The second-order valence-corrected chi connectivity index (χ2v) is 9.86. The number of aromatic nitrogens is 3. The highest BCUT2D eigenvalue weighted by Crippen LogP contribution is 2.31. The van der Waals surface area contributed by atoms with Gasteiger partial charge in [0.25, 0.3) is 0 Å². The molecule has 1 amide bonds. The third-order valence-corrected chi connectivity index (χ3v) is 5.71. The molecule has 0 saturated carbocycles. The Morgan fingerprint density at radius 1 is 1.23 bits per heavy atom. The predicted octanol–water partition coefficient (Wildman–Crippen LogP) is 4.37. The summed E-state index contributed by atoms with van der Waals surface area (Å²) in [5, 5.41) is 4.17. The first-order valence-electron chi connectivity index (χ1n) is 10.9. The minimum absolute atomic E-state index is 0.00795. The molecule has 2 aromatic heterocycles. The Labute approximate surface area is 181 Å². The van der Waals surface area contributed by atoms with Crippen LogP contribution in [0.2, 0.25) is 0 Å². The molecule has 0 unspecified atom stereocenters. The van der Waals surface area contributed by atoms with E-state index in [1.807, 2.05) is 30.9 Å². The molecule has 1 aromatic carbocycles. The molecule has 3 heterocycles. The molecule has 0 radical (unpaired) electrons. The number of carbonyl (C=O) groups is 1. The molecule has 1 aliphatic heterocycles. The van der Waals surface area contributed by atoms with Gasteiger partial charge in [-0.05, 0) is 50.3 Å². The van der Waals surface area contributed by atoms with E-state index < -0.39 is 0 Å². The summed E-state index contributed by atoms with van der Waals surface area (Å²) < 4.78 is 12.5. The Morgan fingerprint density at radius 3 is 2.58 bits per heavy atom. The smallest absolute Gasteiger partial charge is 0.408 e. The van der Waals surface area contributed by atoms with Crippen molar-refractivity contribution in [3.8, 4) is 11.4 Å². The van der Waals surface area contributed by atoms with Gasteiger partial charge in [0.2, 0.25) is 17.6 Å². The lowest BCUT2D eigenvalue weighted by atomic mass is 9.90. The summed E-state index contributed by atoms with van der Waals surface area (Å²) in [6.45, 7) is 11.5. The van der Waals surface area contributed by atoms with E-state index in [-0.39, 0.29) is 29.0 Å². The van der Waals surface area contributed by atoms with Gasteiger partial charge in [-0.3, -0.25) is 9.36 Å². The van der Waals surface area contributed by atoms with Crippen molar-refractivity contribution in [3.05, 3.63) is 34.6 Å². The molecule has 8 heteroatoms. The van der Waals surface area contributed by atoms with Crippen LogP contribution in [-0.2, 0) is 4.79 Å². The zero-order valence-electron chi connectivity index (χ0n) is 18.8. The topological polar surface area (TPSA) is 94.4 Å². The molecule has 0 aliphatic carbocycles. The van der Waals surface area contributed by atoms with Gasteiger partial charge in [-0.1, -0.05) is 25.9 Å². The fourth-order valence-corrected chi connectivity index (χ4v) is 4.12. The van der Waals surface area contributed by atoms with Gasteiger partial charge < -0.3 is 13.8 Å². The van der Waals surface area contributed by atoms with Gasteiger partial charge in [0.15, 0.2) is 5.58 Å². The molecule has 0 bridgehead atoms. The highest BCUT2D eigenvalue weighted by molar-refractivity contribution is 5.79. The van der Waals surface area contributed by atoms with Crippen LogP contribution in [-0.4, -0.2) is 38.6 Å². The van der Waals surface area contributed by atoms with Crippen molar-refractivity contribution in [1.82, 2.24) is 19.6 Å². The molecule has 166 valence electrons. The number of piperidine rings is 1. The molecule has 0 atom stereocenters. The summed E-state index contributed by atoms with van der Waals surface area (Å²) in [6.07, 6.45) is 2.18. The second-order valence-electron chi connectivity index (χ2n) is 9.86. The lowest BCUT2D eigenvalue weighted by molar-refractivity contribution is -0.134. The third kappa shape index (κ3) is 4.43. The number of carbonyl (C=O) groups excluding carboxylic acids is 1. The number of hydrogen-bond acceptors (Lipinski definition) is 6. The maximum atomic E-state index is 12.5. The fraction of sp³-hybridized carbons (Fsp3) is 0.565. The molecule has 3 aromatic rings. The van der Waals surface area contributed by atoms with Crippen molar-refractivity contribution < 1.29 is 13.7 Å². The van der Waals surface area contributed by atoms with Gasteiger partial charge in [-0.15, -0.1) is 0 Å². The van der Waals surface area contributed by atoms with Crippen LogP contribution in [0.1, 0.15) is 71.7 Å². The van der Waals surface area contributed by atoms with E-state index in [1.165, 1.54) is 0 Å². The monoisotopic (exact) mass is 426 g/mol. The van der Waals surface area contributed by atoms with Crippen molar-refractivity contribution in [2.45, 2.75) is 65.8 Å². The summed E-state index contributed by atoms with van der Waals surface area (Å²) >= 11 is 0. The summed E-state index contributed by atoms with van der Waals surface area (Å²) in [5.74, 6) is 1.08. The lowest BCUT2D eigenvalue weighted by Crippen LogP contribution is -2.39. The van der Waals surface area contributed by atoms with Crippen molar-refractivity contribution in [1.29, 1.82) is 0 Å². The van der Waals surface area contributed by atoms with Crippen LogP contribution in [0.5, 0.6) is 0 Å². The Morgan fingerprint density at radius 2 is 1.94 bits per heavy atom. The largest absolute Gasteiger partial charge is 0.420 e. The van der Waals surface area contributed by atoms with Crippen molar-refractivity contribution in [2.24, 2.45) is 5.41 Å². The number of amides is 1. The zero-order chi connectivity index (χ0) is 22.3. The average molecular weight is 427 g/mol. The first kappa shape index (κ1) is 21.3. The summed E-state index contributed by atoms with van der Waals surface area (Å²) in [7, 11) is 0. The first-order valence-corrected chi connectivity index (χ1v) is 10.9. The SMILES string of the molecule is CC(C)n1c(=O)oc2ccc(-c3noc(C4CCN(C(=O)CC(C)(C)C)CC4)n3)cc21. The van der Waals surface area contributed by atoms with E-state index in [2.05, 4.69) is 30.9 Å². The van der Waals surface area contributed by atoms with E-state index in [0.717, 1.165) is 23.9 Å². The van der Waals surface area contributed by atoms with Crippen LogP contribution in [0.15, 0.2) is 31.9 Å². The van der Waals surface area contributed by atoms with Crippen LogP contribution < -0.4 is 5.76 Å². The average Bonchev–Trinajstić information content (AvgIpc) is 3.30. The van der Waals surface area contributed by atoms with Crippen LogP contribution in [0.3, 0.4) is 0 Å². The van der Waals surface area contributed by atoms with Gasteiger partial charge in [0.05, 0.1) is 5.52 Å². The third-order valence-electron chi connectivity index (χ3n) is 5.71. The number of likely N-dealkylation sites (tertiary alicyclic amines) is 1. The van der Waals surface area contributed by atoms with Gasteiger partial charge in [-0.2, -0.15) is 4.98 Å². The van der Waals surface area contributed by atoms with Crippen LogP contribution in [0.25, 0.3) is 22.5 Å². The molecular weight excluding hydrogens is 396 g/mol. The molecular formula is C23H30N4O4. The Hall–Kier alpha value is -2.90. The zero-order valence-corrected chi connectivity index (χ0v) is 18.8. The maximum absolute atomic E-state index is 12.5. The van der Waals surface area contributed by atoms with E-state index in [9.17, 15) is 9.59 Å². The minimum Gasteiger partial charge on any atom is -0.408 e. The van der Waals surface area contributed by atoms with Crippen molar-refractivity contribution >= 4 is 17.0 Å². The van der Waals surface area contributed by atoms with E-state index in [0.29, 0.717) is 36.8 Å². The van der Waals surface area contributed by atoms with Crippen LogP contribution in [0, 0.1) is 5.41 Å². The fourth-order valence-electron chi connectivity index (χ4n) is 4.12. The lowest BCUT2D eigenvalue weighted by Gasteiger charge is -2.32. The van der Waals surface area contributed by atoms with Crippen LogP contribution >= 0.6 is 0 Å². The number of oxazole rings is 1. The van der Waals surface area contributed by atoms with E-state index >= 15 is 0 Å². The van der Waals surface area contributed by atoms with Gasteiger partial charge in [0, 0.05) is 37.0 Å². The highest BCUT2D eigenvalue weighted by Gasteiger charge is 2.29. The second kappa shape index (κ2) is 7.98. The van der Waals surface area contributed by atoms with Gasteiger partial charge >= 0.3 is 5.76 Å². The van der Waals surface area contributed by atoms with E-state index in [4.69, 9.17) is 8.94 Å².